The summed E-state index contributed by atoms with van der Waals surface area (Å²) in [6.45, 7) is 0.264. The van der Waals surface area contributed by atoms with Crippen molar-refractivity contribution in [3.05, 3.63) is 109 Å². The van der Waals surface area contributed by atoms with Crippen LogP contribution in [-0.2, 0) is 16.1 Å². The summed E-state index contributed by atoms with van der Waals surface area (Å²) in [4.78, 5) is 26.7. The van der Waals surface area contributed by atoms with Crippen molar-refractivity contribution in [1.82, 2.24) is 0 Å². The number of carbonyl (C=O) groups is 1. The number of esters is 1. The molecule has 0 N–H and O–H groups in total. The lowest BCUT2D eigenvalue weighted by Gasteiger charge is -2.06. The van der Waals surface area contributed by atoms with E-state index in [1.165, 1.54) is 12.1 Å². The van der Waals surface area contributed by atoms with Crippen molar-refractivity contribution in [2.45, 2.75) is 6.61 Å². The Morgan fingerprint density at radius 3 is 2.41 bits per heavy atom. The molecule has 160 valence electrons. The van der Waals surface area contributed by atoms with E-state index < -0.39 is 10.9 Å². The first-order valence-corrected chi connectivity index (χ1v) is 10.1. The Hall–Kier alpha value is -3.68. The van der Waals surface area contributed by atoms with Crippen molar-refractivity contribution in [3.63, 3.8) is 0 Å². The van der Waals surface area contributed by atoms with Gasteiger partial charge in [0.25, 0.3) is 5.69 Å². The van der Waals surface area contributed by atoms with Crippen molar-refractivity contribution in [1.29, 1.82) is 0 Å². The summed E-state index contributed by atoms with van der Waals surface area (Å²) >= 11 is 12.1. The first kappa shape index (κ1) is 21.5. The van der Waals surface area contributed by atoms with Crippen molar-refractivity contribution in [3.8, 4) is 5.75 Å². The highest BCUT2D eigenvalue weighted by Crippen LogP contribution is 2.26. The van der Waals surface area contributed by atoms with Crippen LogP contribution in [0.5, 0.6) is 5.75 Å². The minimum atomic E-state index is -0.579. The summed E-state index contributed by atoms with van der Waals surface area (Å²) in [5, 5.41) is 11.5. The molecule has 0 atom stereocenters. The highest BCUT2D eigenvalue weighted by atomic mass is 35.5. The number of hydrogen-bond donors (Lipinski definition) is 0. The Kier molecular flexibility index (Phi) is 6.20. The Morgan fingerprint density at radius 2 is 1.75 bits per heavy atom. The Labute approximate surface area is 192 Å². The number of non-ortho nitro benzene ring substituents is 1. The second kappa shape index (κ2) is 9.21. The van der Waals surface area contributed by atoms with Crippen LogP contribution < -0.4 is 4.74 Å². The van der Waals surface area contributed by atoms with Gasteiger partial charge in [0.1, 0.15) is 12.4 Å². The minimum absolute atomic E-state index is 0.0285. The molecular weight excluding hydrogens is 455 g/mol. The molecule has 4 rings (SSSR count). The molecule has 7 nitrogen and oxygen atoms in total. The Balaban J connectivity index is 1.44. The summed E-state index contributed by atoms with van der Waals surface area (Å²) in [6, 6.07) is 18.0. The molecule has 1 heterocycles. The lowest BCUT2D eigenvalue weighted by Crippen LogP contribution is -2.05. The molecule has 0 aliphatic carbocycles. The first-order chi connectivity index (χ1) is 15.4. The molecule has 0 saturated carbocycles. The molecule has 0 saturated heterocycles. The topological polar surface area (TPSA) is 91.0 Å². The van der Waals surface area contributed by atoms with Gasteiger partial charge < -0.3 is 9.47 Å². The third-order valence-corrected chi connectivity index (χ3v) is 5.07. The number of hydrogen-bond acceptors (Lipinski definition) is 6. The molecule has 0 aromatic heterocycles. The van der Waals surface area contributed by atoms with Crippen LogP contribution in [0, 0.1) is 10.1 Å². The van der Waals surface area contributed by atoms with Gasteiger partial charge in [0, 0.05) is 17.2 Å². The SMILES string of the molecule is O=C1OC(c2ccc(Cl)cc2Cl)=N/C1=C\c1ccc(OCc2ccc([N+](=O)[O-])cc2)cc1. The highest BCUT2D eigenvalue weighted by molar-refractivity contribution is 6.37. The molecule has 1 aliphatic rings. The van der Waals surface area contributed by atoms with Gasteiger partial charge in [-0.05, 0) is 59.7 Å². The van der Waals surface area contributed by atoms with Gasteiger partial charge in [-0.15, -0.1) is 0 Å². The normalized spacial score (nSPS) is 14.2. The zero-order valence-electron chi connectivity index (χ0n) is 16.3. The van der Waals surface area contributed by atoms with Crippen LogP contribution >= 0.6 is 23.2 Å². The molecule has 0 amide bonds. The molecule has 3 aromatic carbocycles. The standard InChI is InChI=1S/C23H14Cl2N2O5/c24-16-5-10-19(20(25)12-16)22-26-21(23(28)32-22)11-14-3-8-18(9-4-14)31-13-15-1-6-17(7-2-15)27(29)30/h1-12H,13H2/b21-11-. The fourth-order valence-electron chi connectivity index (χ4n) is 2.89. The van der Waals surface area contributed by atoms with E-state index in [1.807, 2.05) is 0 Å². The number of ether oxygens (including phenoxy) is 2. The van der Waals surface area contributed by atoms with Crippen LogP contribution in [0.1, 0.15) is 16.7 Å². The van der Waals surface area contributed by atoms with Crippen molar-refractivity contribution in [2.75, 3.05) is 0 Å². The van der Waals surface area contributed by atoms with Crippen LogP contribution in [0.15, 0.2) is 77.4 Å². The number of aliphatic imine (C=N–C) groups is 1. The molecule has 0 unspecified atom stereocenters. The minimum Gasteiger partial charge on any atom is -0.489 e. The predicted octanol–water partition coefficient (Wildman–Crippen LogP) is 5.83. The zero-order chi connectivity index (χ0) is 22.7. The summed E-state index contributed by atoms with van der Waals surface area (Å²) < 4.78 is 10.9. The lowest BCUT2D eigenvalue weighted by atomic mass is 10.2. The predicted molar refractivity (Wildman–Crippen MR) is 121 cm³/mol. The van der Waals surface area contributed by atoms with Crippen LogP contribution in [-0.4, -0.2) is 16.8 Å². The average Bonchev–Trinajstić information content (AvgIpc) is 3.13. The van der Waals surface area contributed by atoms with Crippen molar-refractivity contribution < 1.29 is 19.2 Å². The number of cyclic esters (lactones) is 1. The van der Waals surface area contributed by atoms with E-state index >= 15 is 0 Å². The summed E-state index contributed by atoms with van der Waals surface area (Å²) in [5.74, 6) is 0.145. The van der Waals surface area contributed by atoms with Crippen LogP contribution in [0.4, 0.5) is 5.69 Å². The molecule has 9 heteroatoms. The van der Waals surface area contributed by atoms with E-state index in [-0.39, 0.29) is 23.9 Å². The summed E-state index contributed by atoms with van der Waals surface area (Å²) in [7, 11) is 0. The highest BCUT2D eigenvalue weighted by Gasteiger charge is 2.25. The second-order valence-corrected chi connectivity index (χ2v) is 7.59. The molecule has 0 spiro atoms. The fraction of sp³-hybridized carbons (Fsp3) is 0.0435. The summed E-state index contributed by atoms with van der Waals surface area (Å²) in [6.07, 6.45) is 1.60. The van der Waals surface area contributed by atoms with E-state index in [4.69, 9.17) is 32.7 Å². The quantitative estimate of drug-likeness (QED) is 0.196. The van der Waals surface area contributed by atoms with Gasteiger partial charge in [-0.2, -0.15) is 0 Å². The molecule has 1 aliphatic heterocycles. The number of rotatable bonds is 6. The molecule has 32 heavy (non-hydrogen) atoms. The van der Waals surface area contributed by atoms with Crippen molar-refractivity contribution in [2.24, 2.45) is 4.99 Å². The van der Waals surface area contributed by atoms with E-state index in [0.717, 1.165) is 11.1 Å². The molecular formula is C23H14Cl2N2O5. The number of benzene rings is 3. The van der Waals surface area contributed by atoms with Crippen LogP contribution in [0.25, 0.3) is 6.08 Å². The average molecular weight is 469 g/mol. The maximum atomic E-state index is 12.2. The number of nitro groups is 1. The van der Waals surface area contributed by atoms with Gasteiger partial charge in [-0.3, -0.25) is 10.1 Å². The smallest absolute Gasteiger partial charge is 0.363 e. The molecule has 3 aromatic rings. The molecule has 0 bridgehead atoms. The summed E-state index contributed by atoms with van der Waals surface area (Å²) in [5.41, 5.74) is 2.18. The van der Waals surface area contributed by atoms with E-state index in [2.05, 4.69) is 4.99 Å². The monoisotopic (exact) mass is 468 g/mol. The zero-order valence-corrected chi connectivity index (χ0v) is 17.8. The van der Waals surface area contributed by atoms with Gasteiger partial charge in [0.2, 0.25) is 5.90 Å². The van der Waals surface area contributed by atoms with Gasteiger partial charge in [0.15, 0.2) is 5.70 Å². The Morgan fingerprint density at radius 1 is 1.03 bits per heavy atom. The number of nitrogens with zero attached hydrogens (tertiary/aromatic N) is 2. The largest absolute Gasteiger partial charge is 0.489 e. The lowest BCUT2D eigenvalue weighted by molar-refractivity contribution is -0.384. The van der Waals surface area contributed by atoms with Crippen LogP contribution in [0.2, 0.25) is 10.0 Å². The maximum absolute atomic E-state index is 12.2. The number of carbonyl (C=O) groups excluding carboxylic acids is 1. The van der Waals surface area contributed by atoms with Gasteiger partial charge in [-0.1, -0.05) is 35.3 Å². The fourth-order valence-corrected chi connectivity index (χ4v) is 3.38. The molecule has 0 radical (unpaired) electrons. The first-order valence-electron chi connectivity index (χ1n) is 9.33. The Bertz CT molecular complexity index is 1250. The second-order valence-electron chi connectivity index (χ2n) is 6.74. The number of nitro benzene ring substituents is 1. The van der Waals surface area contributed by atoms with Crippen molar-refractivity contribution >= 4 is 46.8 Å². The third kappa shape index (κ3) is 4.96. The number of halogens is 2. The van der Waals surface area contributed by atoms with Gasteiger partial charge in [-0.25, -0.2) is 9.79 Å². The van der Waals surface area contributed by atoms with E-state index in [0.29, 0.717) is 21.4 Å². The van der Waals surface area contributed by atoms with E-state index in [1.54, 1.807) is 60.7 Å². The van der Waals surface area contributed by atoms with E-state index in [9.17, 15) is 14.9 Å². The third-order valence-electron chi connectivity index (χ3n) is 4.52. The van der Waals surface area contributed by atoms with Crippen LogP contribution in [0.3, 0.4) is 0 Å². The van der Waals surface area contributed by atoms with Gasteiger partial charge in [0.05, 0.1) is 15.5 Å². The molecule has 0 fully saturated rings. The maximum Gasteiger partial charge on any atom is 0.363 e. The van der Waals surface area contributed by atoms with Gasteiger partial charge >= 0.3 is 5.97 Å².